The van der Waals surface area contributed by atoms with Gasteiger partial charge in [-0.15, -0.1) is 0 Å². The molecule has 0 aliphatic heterocycles. The summed E-state index contributed by atoms with van der Waals surface area (Å²) in [4.78, 5) is 15.7. The number of benzene rings is 2. The summed E-state index contributed by atoms with van der Waals surface area (Å²) in [7, 11) is 0. The van der Waals surface area contributed by atoms with Crippen LogP contribution in [0.4, 0.5) is 4.39 Å². The monoisotopic (exact) mass is 453 g/mol. The first kappa shape index (κ1) is 24.2. The van der Waals surface area contributed by atoms with E-state index in [1.54, 1.807) is 25.1 Å². The van der Waals surface area contributed by atoms with E-state index in [0.29, 0.717) is 49.7 Å². The van der Waals surface area contributed by atoms with Gasteiger partial charge in [0.05, 0.1) is 12.3 Å². The zero-order chi connectivity index (χ0) is 23.6. The summed E-state index contributed by atoms with van der Waals surface area (Å²) in [5.74, 6) is 0.481. The van der Waals surface area contributed by atoms with Gasteiger partial charge in [-0.2, -0.15) is 0 Å². The van der Waals surface area contributed by atoms with E-state index in [9.17, 15) is 9.18 Å². The van der Waals surface area contributed by atoms with Crippen LogP contribution in [0.2, 0.25) is 0 Å². The molecule has 174 valence electrons. The van der Waals surface area contributed by atoms with Crippen molar-refractivity contribution >= 4 is 12.0 Å². The highest BCUT2D eigenvalue weighted by molar-refractivity contribution is 5.72. The van der Waals surface area contributed by atoms with Crippen molar-refractivity contribution in [2.45, 2.75) is 39.2 Å². The Balaban J connectivity index is 1.60. The average molecular weight is 454 g/mol. The number of aromatic nitrogens is 1. The van der Waals surface area contributed by atoms with Gasteiger partial charge in [0.25, 0.3) is 0 Å². The molecule has 1 atom stereocenters. The van der Waals surface area contributed by atoms with Crippen molar-refractivity contribution < 1.29 is 28.2 Å². The smallest absolute Gasteiger partial charge is 0.332 e. The number of aliphatic carboxylic acids is 1. The molecule has 1 N–H and O–H groups in total. The molecular weight excluding hydrogens is 425 g/mol. The van der Waals surface area contributed by atoms with Gasteiger partial charge in [-0.05, 0) is 57.0 Å². The summed E-state index contributed by atoms with van der Waals surface area (Å²) in [6.45, 7) is 4.30. The molecule has 0 bridgehead atoms. The van der Waals surface area contributed by atoms with E-state index in [1.165, 1.54) is 12.1 Å². The standard InChI is InChI=1S/C26H28FNO5/c1-3-31-24(26(29)30)12-8-7-11-20-17-21(27)13-14-23(20)32-16-15-22-18(2)33-25(28-22)19-9-5-4-6-10-19/h4-7,9-11,13-14,17,24H,3,8,12,15-16H2,1-2H3,(H,29,30). The number of carboxylic acids is 1. The van der Waals surface area contributed by atoms with Crippen LogP contribution in [-0.4, -0.2) is 35.4 Å². The van der Waals surface area contributed by atoms with Crippen LogP contribution in [-0.2, 0) is 16.0 Å². The molecule has 0 fully saturated rings. The highest BCUT2D eigenvalue weighted by Gasteiger charge is 2.16. The number of nitrogens with zero attached hydrogens (tertiary/aromatic N) is 1. The lowest BCUT2D eigenvalue weighted by molar-refractivity contribution is -0.150. The van der Waals surface area contributed by atoms with Gasteiger partial charge in [-0.1, -0.05) is 30.4 Å². The van der Waals surface area contributed by atoms with E-state index >= 15 is 0 Å². The first-order chi connectivity index (χ1) is 16.0. The number of carboxylic acid groups (broad SMARTS) is 1. The second-order valence-electron chi connectivity index (χ2n) is 7.43. The van der Waals surface area contributed by atoms with Gasteiger partial charge in [0, 0.05) is 24.2 Å². The Labute approximate surface area is 192 Å². The zero-order valence-electron chi connectivity index (χ0n) is 18.8. The Morgan fingerprint density at radius 2 is 2.03 bits per heavy atom. The van der Waals surface area contributed by atoms with Crippen molar-refractivity contribution in [3.8, 4) is 17.2 Å². The van der Waals surface area contributed by atoms with Crippen LogP contribution < -0.4 is 4.74 Å². The molecule has 0 saturated carbocycles. The molecule has 33 heavy (non-hydrogen) atoms. The summed E-state index contributed by atoms with van der Waals surface area (Å²) in [5, 5.41) is 9.15. The van der Waals surface area contributed by atoms with Crippen LogP contribution in [0, 0.1) is 12.7 Å². The van der Waals surface area contributed by atoms with Gasteiger partial charge in [0.2, 0.25) is 5.89 Å². The van der Waals surface area contributed by atoms with Gasteiger partial charge in [-0.3, -0.25) is 0 Å². The number of rotatable bonds is 12. The second kappa shape index (κ2) is 12.0. The van der Waals surface area contributed by atoms with Crippen LogP contribution in [0.15, 0.2) is 59.0 Å². The van der Waals surface area contributed by atoms with Crippen molar-refractivity contribution in [1.82, 2.24) is 4.98 Å². The zero-order valence-corrected chi connectivity index (χ0v) is 18.8. The molecule has 2 aromatic carbocycles. The van der Waals surface area contributed by atoms with E-state index < -0.39 is 12.1 Å². The molecule has 1 aromatic heterocycles. The van der Waals surface area contributed by atoms with Crippen LogP contribution in [0.5, 0.6) is 5.75 Å². The fourth-order valence-corrected chi connectivity index (χ4v) is 3.34. The largest absolute Gasteiger partial charge is 0.493 e. The van der Waals surface area contributed by atoms with Crippen LogP contribution in [0.25, 0.3) is 17.5 Å². The highest BCUT2D eigenvalue weighted by atomic mass is 19.1. The maximum absolute atomic E-state index is 13.8. The molecule has 3 rings (SSSR count). The minimum absolute atomic E-state index is 0.334. The lowest BCUT2D eigenvalue weighted by Crippen LogP contribution is -2.23. The Kier molecular flexibility index (Phi) is 8.78. The number of allylic oxidation sites excluding steroid dienone is 1. The maximum Gasteiger partial charge on any atom is 0.332 e. The second-order valence-corrected chi connectivity index (χ2v) is 7.43. The van der Waals surface area contributed by atoms with Gasteiger partial charge < -0.3 is 19.0 Å². The van der Waals surface area contributed by atoms with Crippen molar-refractivity contribution in [2.75, 3.05) is 13.2 Å². The summed E-state index contributed by atoms with van der Waals surface area (Å²) in [6.07, 6.45) is 4.03. The number of aryl methyl sites for hydroxylation is 1. The van der Waals surface area contributed by atoms with Crippen LogP contribution in [0.3, 0.4) is 0 Å². The Morgan fingerprint density at radius 3 is 2.76 bits per heavy atom. The molecule has 3 aromatic rings. The average Bonchev–Trinajstić information content (AvgIpc) is 3.18. The Hall–Kier alpha value is -3.45. The predicted molar refractivity (Wildman–Crippen MR) is 124 cm³/mol. The fraction of sp³-hybridized carbons (Fsp3) is 0.308. The minimum Gasteiger partial charge on any atom is -0.493 e. The molecule has 6 nitrogen and oxygen atoms in total. The lowest BCUT2D eigenvalue weighted by atomic mass is 10.1. The van der Waals surface area contributed by atoms with Gasteiger partial charge >= 0.3 is 5.97 Å². The van der Waals surface area contributed by atoms with Crippen LogP contribution in [0.1, 0.15) is 36.8 Å². The van der Waals surface area contributed by atoms with E-state index in [0.717, 1.165) is 17.0 Å². The summed E-state index contributed by atoms with van der Waals surface area (Å²) < 4.78 is 30.7. The van der Waals surface area contributed by atoms with E-state index in [2.05, 4.69) is 4.98 Å². The Bertz CT molecular complexity index is 1080. The molecular formula is C26H28FNO5. The molecule has 7 heteroatoms. The van der Waals surface area contributed by atoms with Crippen LogP contribution >= 0.6 is 0 Å². The summed E-state index contributed by atoms with van der Waals surface area (Å²) in [6, 6.07) is 14.0. The lowest BCUT2D eigenvalue weighted by Gasteiger charge is -2.11. The van der Waals surface area contributed by atoms with Crippen molar-refractivity contribution in [3.05, 3.63) is 77.4 Å². The number of ether oxygens (including phenoxy) is 2. The topological polar surface area (TPSA) is 81.8 Å². The van der Waals surface area contributed by atoms with Crippen molar-refractivity contribution in [2.24, 2.45) is 0 Å². The molecule has 0 aliphatic rings. The molecule has 0 spiro atoms. The molecule has 1 unspecified atom stereocenters. The SMILES string of the molecule is CCOC(CCC=Cc1cc(F)ccc1OCCc1nc(-c2ccccc2)oc1C)C(=O)O. The highest BCUT2D eigenvalue weighted by Crippen LogP contribution is 2.24. The number of hydrogen-bond acceptors (Lipinski definition) is 5. The molecule has 0 amide bonds. The summed E-state index contributed by atoms with van der Waals surface area (Å²) in [5.41, 5.74) is 2.30. The van der Waals surface area contributed by atoms with Crippen molar-refractivity contribution in [3.63, 3.8) is 0 Å². The Morgan fingerprint density at radius 1 is 1.24 bits per heavy atom. The first-order valence-corrected chi connectivity index (χ1v) is 10.9. The number of oxazole rings is 1. The quantitative estimate of drug-likeness (QED) is 0.379. The first-order valence-electron chi connectivity index (χ1n) is 10.9. The fourth-order valence-electron chi connectivity index (χ4n) is 3.34. The molecule has 0 saturated heterocycles. The third-order valence-corrected chi connectivity index (χ3v) is 5.02. The van der Waals surface area contributed by atoms with E-state index in [4.69, 9.17) is 19.0 Å². The van der Waals surface area contributed by atoms with Gasteiger partial charge in [0.15, 0.2) is 6.10 Å². The predicted octanol–water partition coefficient (Wildman–Crippen LogP) is 5.69. The van der Waals surface area contributed by atoms with Crippen molar-refractivity contribution in [1.29, 1.82) is 0 Å². The summed E-state index contributed by atoms with van der Waals surface area (Å²) >= 11 is 0. The molecule has 0 radical (unpaired) electrons. The third-order valence-electron chi connectivity index (χ3n) is 5.02. The third kappa shape index (κ3) is 7.02. The number of halogens is 1. The van der Waals surface area contributed by atoms with Gasteiger partial charge in [0.1, 0.15) is 17.3 Å². The number of hydrogen-bond donors (Lipinski definition) is 1. The molecule has 0 aliphatic carbocycles. The maximum atomic E-state index is 13.8. The number of carbonyl (C=O) groups is 1. The van der Waals surface area contributed by atoms with E-state index in [1.807, 2.05) is 37.3 Å². The minimum atomic E-state index is -0.987. The van der Waals surface area contributed by atoms with Gasteiger partial charge in [-0.25, -0.2) is 14.2 Å². The normalized spacial score (nSPS) is 12.2. The van der Waals surface area contributed by atoms with E-state index in [-0.39, 0.29) is 5.82 Å². The molecule has 1 heterocycles.